The summed E-state index contributed by atoms with van der Waals surface area (Å²) in [5.41, 5.74) is 1.44. The molecule has 2 aromatic rings. The predicted octanol–water partition coefficient (Wildman–Crippen LogP) is 4.39. The molecule has 1 aromatic heterocycles. The van der Waals surface area contributed by atoms with Crippen LogP contribution >= 0.6 is 23.2 Å². The molecule has 0 radical (unpaired) electrons. The van der Waals surface area contributed by atoms with Crippen molar-refractivity contribution in [2.45, 2.75) is 13.3 Å². The monoisotopic (exact) mass is 310 g/mol. The number of nitrogens with one attached hydrogen (secondary N) is 1. The largest absolute Gasteiger partial charge is 0.478 e. The lowest BCUT2D eigenvalue weighted by Crippen LogP contribution is -2.03. The fraction of sp³-hybridized carbons (Fsp3) is 0.143. The fourth-order valence-corrected chi connectivity index (χ4v) is 2.04. The van der Waals surface area contributed by atoms with Crippen LogP contribution in [0.3, 0.4) is 0 Å². The van der Waals surface area contributed by atoms with Crippen LogP contribution in [0, 0.1) is 0 Å². The maximum Gasteiger partial charge on any atom is 0.335 e. The molecular formula is C14H12Cl2N2O2. The minimum atomic E-state index is -0.998. The van der Waals surface area contributed by atoms with Crippen molar-refractivity contribution in [3.05, 3.63) is 51.6 Å². The van der Waals surface area contributed by atoms with E-state index in [9.17, 15) is 4.79 Å². The SMILES string of the molecule is CCc1cc(C(=O)O)cc(Nc2cccc(Cl)c2Cl)n1. The first kappa shape index (κ1) is 14.6. The molecule has 0 aliphatic heterocycles. The van der Waals surface area contributed by atoms with E-state index in [2.05, 4.69) is 10.3 Å². The summed E-state index contributed by atoms with van der Waals surface area (Å²) in [6.45, 7) is 1.91. The minimum Gasteiger partial charge on any atom is -0.478 e. The molecule has 0 atom stereocenters. The second-order valence-corrected chi connectivity index (χ2v) is 4.90. The van der Waals surface area contributed by atoms with Gasteiger partial charge >= 0.3 is 5.97 Å². The van der Waals surface area contributed by atoms with Crippen LogP contribution in [0.1, 0.15) is 23.0 Å². The Balaban J connectivity index is 2.40. The Kier molecular flexibility index (Phi) is 4.47. The first-order valence-corrected chi connectivity index (χ1v) is 6.72. The first-order valence-electron chi connectivity index (χ1n) is 5.96. The molecule has 6 heteroatoms. The van der Waals surface area contributed by atoms with Gasteiger partial charge in [-0.1, -0.05) is 36.2 Å². The van der Waals surface area contributed by atoms with Gasteiger partial charge in [0.2, 0.25) is 0 Å². The summed E-state index contributed by atoms with van der Waals surface area (Å²) in [5, 5.41) is 12.9. The summed E-state index contributed by atoms with van der Waals surface area (Å²) >= 11 is 12.0. The zero-order valence-corrected chi connectivity index (χ0v) is 12.2. The molecule has 0 unspecified atom stereocenters. The van der Waals surface area contributed by atoms with E-state index in [0.717, 1.165) is 0 Å². The fourth-order valence-electron chi connectivity index (χ4n) is 1.69. The summed E-state index contributed by atoms with van der Waals surface area (Å²) in [6.07, 6.45) is 0.638. The number of hydrogen-bond donors (Lipinski definition) is 2. The second-order valence-electron chi connectivity index (χ2n) is 4.12. The van der Waals surface area contributed by atoms with E-state index in [1.807, 2.05) is 6.92 Å². The number of aryl methyl sites for hydroxylation is 1. The minimum absolute atomic E-state index is 0.178. The zero-order chi connectivity index (χ0) is 14.7. The average molecular weight is 311 g/mol. The molecule has 2 N–H and O–H groups in total. The van der Waals surface area contributed by atoms with Crippen LogP contribution in [0.2, 0.25) is 10.0 Å². The van der Waals surface area contributed by atoms with Gasteiger partial charge in [-0.15, -0.1) is 0 Å². The highest BCUT2D eigenvalue weighted by Gasteiger charge is 2.10. The Morgan fingerprint density at radius 1 is 1.35 bits per heavy atom. The molecule has 4 nitrogen and oxygen atoms in total. The second kappa shape index (κ2) is 6.11. The van der Waals surface area contributed by atoms with Crippen molar-refractivity contribution in [3.63, 3.8) is 0 Å². The molecular weight excluding hydrogens is 299 g/mol. The van der Waals surface area contributed by atoms with E-state index in [-0.39, 0.29) is 5.56 Å². The van der Waals surface area contributed by atoms with Crippen LogP contribution in [0.4, 0.5) is 11.5 Å². The van der Waals surface area contributed by atoms with Gasteiger partial charge in [0, 0.05) is 5.69 Å². The van der Waals surface area contributed by atoms with Crippen molar-refractivity contribution < 1.29 is 9.90 Å². The molecule has 0 saturated carbocycles. The summed E-state index contributed by atoms with van der Waals surface area (Å²) in [6, 6.07) is 8.17. The van der Waals surface area contributed by atoms with Gasteiger partial charge in [-0.3, -0.25) is 0 Å². The quantitative estimate of drug-likeness (QED) is 0.879. The molecule has 2 rings (SSSR count). The van der Waals surface area contributed by atoms with Crippen molar-refractivity contribution in [1.29, 1.82) is 0 Å². The van der Waals surface area contributed by atoms with Crippen molar-refractivity contribution in [1.82, 2.24) is 4.98 Å². The molecule has 0 aliphatic rings. The number of pyridine rings is 1. The van der Waals surface area contributed by atoms with E-state index in [4.69, 9.17) is 28.3 Å². The summed E-state index contributed by atoms with van der Waals surface area (Å²) < 4.78 is 0. The van der Waals surface area contributed by atoms with Gasteiger partial charge in [-0.05, 0) is 30.7 Å². The highest BCUT2D eigenvalue weighted by Crippen LogP contribution is 2.31. The number of carboxylic acid groups (broad SMARTS) is 1. The number of carboxylic acids is 1. The third-order valence-electron chi connectivity index (χ3n) is 2.70. The molecule has 1 heterocycles. The molecule has 104 valence electrons. The van der Waals surface area contributed by atoms with Gasteiger partial charge in [-0.25, -0.2) is 9.78 Å². The maximum absolute atomic E-state index is 11.1. The van der Waals surface area contributed by atoms with Gasteiger partial charge in [0.05, 0.1) is 21.3 Å². The number of nitrogens with zero attached hydrogens (tertiary/aromatic N) is 1. The van der Waals surface area contributed by atoms with Crippen LogP contribution in [-0.2, 0) is 6.42 Å². The zero-order valence-electron chi connectivity index (χ0n) is 10.7. The number of rotatable bonds is 4. The topological polar surface area (TPSA) is 62.2 Å². The van der Waals surface area contributed by atoms with E-state index in [0.29, 0.717) is 33.7 Å². The summed E-state index contributed by atoms with van der Waals surface area (Å²) in [4.78, 5) is 15.4. The molecule has 20 heavy (non-hydrogen) atoms. The van der Waals surface area contributed by atoms with E-state index in [1.54, 1.807) is 24.3 Å². The molecule has 1 aromatic carbocycles. The third-order valence-corrected chi connectivity index (χ3v) is 3.52. The number of benzene rings is 1. The Hall–Kier alpha value is -1.78. The number of anilines is 2. The van der Waals surface area contributed by atoms with Crippen LogP contribution < -0.4 is 5.32 Å². The smallest absolute Gasteiger partial charge is 0.335 e. The van der Waals surface area contributed by atoms with Gasteiger partial charge in [0.25, 0.3) is 0 Å². The molecule has 0 bridgehead atoms. The summed E-state index contributed by atoms with van der Waals surface area (Å²) in [7, 11) is 0. The van der Waals surface area contributed by atoms with Crippen LogP contribution in [-0.4, -0.2) is 16.1 Å². The molecule has 0 fully saturated rings. The van der Waals surface area contributed by atoms with E-state index >= 15 is 0 Å². The lowest BCUT2D eigenvalue weighted by Gasteiger charge is -2.10. The van der Waals surface area contributed by atoms with Gasteiger partial charge in [-0.2, -0.15) is 0 Å². The average Bonchev–Trinajstić information content (AvgIpc) is 2.43. The Labute approximate surface area is 126 Å². The van der Waals surface area contributed by atoms with Crippen LogP contribution in [0.25, 0.3) is 0 Å². The highest BCUT2D eigenvalue weighted by atomic mass is 35.5. The highest BCUT2D eigenvalue weighted by molar-refractivity contribution is 6.43. The third kappa shape index (κ3) is 3.21. The van der Waals surface area contributed by atoms with Crippen molar-refractivity contribution in [3.8, 4) is 0 Å². The molecule has 0 aliphatic carbocycles. The maximum atomic E-state index is 11.1. The van der Waals surface area contributed by atoms with Crippen LogP contribution in [0.5, 0.6) is 0 Å². The van der Waals surface area contributed by atoms with Crippen LogP contribution in [0.15, 0.2) is 30.3 Å². The van der Waals surface area contributed by atoms with Gasteiger partial charge in [0.15, 0.2) is 0 Å². The first-order chi connectivity index (χ1) is 9.51. The Bertz CT molecular complexity index is 660. The predicted molar refractivity (Wildman–Crippen MR) is 80.3 cm³/mol. The standard InChI is InChI=1S/C14H12Cl2N2O2/c1-2-9-6-8(14(19)20)7-12(17-9)18-11-5-3-4-10(15)13(11)16/h3-7H,2H2,1H3,(H,17,18)(H,19,20). The van der Waals surface area contributed by atoms with Crippen molar-refractivity contribution in [2.75, 3.05) is 5.32 Å². The van der Waals surface area contributed by atoms with Crippen molar-refractivity contribution in [2.24, 2.45) is 0 Å². The lowest BCUT2D eigenvalue weighted by molar-refractivity contribution is 0.0696. The Morgan fingerprint density at radius 2 is 2.10 bits per heavy atom. The normalized spacial score (nSPS) is 10.3. The molecule has 0 amide bonds. The number of hydrogen-bond acceptors (Lipinski definition) is 3. The van der Waals surface area contributed by atoms with Gasteiger partial charge in [0.1, 0.15) is 5.82 Å². The number of halogens is 2. The van der Waals surface area contributed by atoms with E-state index in [1.165, 1.54) is 6.07 Å². The number of aromatic carboxylic acids is 1. The van der Waals surface area contributed by atoms with Crippen molar-refractivity contribution >= 4 is 40.7 Å². The lowest BCUT2D eigenvalue weighted by atomic mass is 10.2. The number of aromatic nitrogens is 1. The van der Waals surface area contributed by atoms with E-state index < -0.39 is 5.97 Å². The molecule has 0 saturated heterocycles. The molecule has 0 spiro atoms. The number of carbonyl (C=O) groups is 1. The Morgan fingerprint density at radius 3 is 2.75 bits per heavy atom. The van der Waals surface area contributed by atoms with Gasteiger partial charge < -0.3 is 10.4 Å². The summed E-state index contributed by atoms with van der Waals surface area (Å²) in [5.74, 6) is -0.576.